The fraction of sp³-hybridized carbons (Fsp3) is 0.611. The van der Waals surface area contributed by atoms with Gasteiger partial charge in [0.05, 0.1) is 19.1 Å². The monoisotopic (exact) mass is 302 g/mol. The largest absolute Gasteiger partial charge is 0.497 e. The summed E-state index contributed by atoms with van der Waals surface area (Å²) >= 11 is 0. The number of methoxy groups -OCH3 is 1. The number of nitrogens with zero attached hydrogens (tertiary/aromatic N) is 1. The molecule has 0 bridgehead atoms. The maximum atomic E-state index is 12.6. The topological polar surface area (TPSA) is 41.6 Å². The van der Waals surface area contributed by atoms with Crippen molar-refractivity contribution in [2.75, 3.05) is 27.2 Å². The molecule has 4 heteroatoms. The number of likely N-dealkylation sites (tertiary alicyclic amines) is 1. The van der Waals surface area contributed by atoms with Crippen molar-refractivity contribution < 1.29 is 9.53 Å². The molecule has 1 heterocycles. The molecule has 1 fully saturated rings. The number of ether oxygens (including phenoxy) is 1. The maximum Gasteiger partial charge on any atom is 0.224 e. The lowest BCUT2D eigenvalue weighted by atomic mass is 9.87. The van der Waals surface area contributed by atoms with Crippen LogP contribution in [0.2, 0.25) is 0 Å². The molecule has 0 radical (unpaired) electrons. The van der Waals surface area contributed by atoms with Crippen molar-refractivity contribution in [3.05, 3.63) is 29.3 Å². The Balaban J connectivity index is 1.70. The second-order valence-corrected chi connectivity index (χ2v) is 6.62. The molecule has 4 nitrogen and oxygen atoms in total. The van der Waals surface area contributed by atoms with Crippen LogP contribution in [0.4, 0.5) is 0 Å². The van der Waals surface area contributed by atoms with Crippen molar-refractivity contribution in [1.82, 2.24) is 10.2 Å². The summed E-state index contributed by atoms with van der Waals surface area (Å²) in [7, 11) is 3.80. The van der Waals surface area contributed by atoms with Crippen LogP contribution in [0.25, 0.3) is 0 Å². The summed E-state index contributed by atoms with van der Waals surface area (Å²) in [5.74, 6) is 1.27. The number of rotatable bonds is 3. The number of piperidine rings is 1. The number of carbonyl (C=O) groups is 1. The highest BCUT2D eigenvalue weighted by molar-refractivity contribution is 5.79. The molecule has 3 rings (SSSR count). The van der Waals surface area contributed by atoms with E-state index in [1.165, 1.54) is 11.1 Å². The first-order valence-corrected chi connectivity index (χ1v) is 8.33. The quantitative estimate of drug-likeness (QED) is 0.933. The van der Waals surface area contributed by atoms with Crippen molar-refractivity contribution in [3.8, 4) is 5.75 Å². The van der Waals surface area contributed by atoms with E-state index in [-0.39, 0.29) is 17.9 Å². The van der Waals surface area contributed by atoms with Gasteiger partial charge in [0, 0.05) is 6.54 Å². The van der Waals surface area contributed by atoms with Gasteiger partial charge in [0.15, 0.2) is 0 Å². The minimum atomic E-state index is 0.141. The molecule has 0 aromatic heterocycles. The van der Waals surface area contributed by atoms with Crippen LogP contribution in [0.1, 0.15) is 42.9 Å². The number of benzene rings is 1. The molecule has 1 aliphatic heterocycles. The minimum Gasteiger partial charge on any atom is -0.497 e. The van der Waals surface area contributed by atoms with Crippen LogP contribution < -0.4 is 10.1 Å². The summed E-state index contributed by atoms with van der Waals surface area (Å²) < 4.78 is 5.31. The van der Waals surface area contributed by atoms with E-state index in [0.29, 0.717) is 0 Å². The first-order chi connectivity index (χ1) is 10.7. The smallest absolute Gasteiger partial charge is 0.224 e. The lowest BCUT2D eigenvalue weighted by molar-refractivity contribution is -0.127. The highest BCUT2D eigenvalue weighted by Crippen LogP contribution is 2.32. The molecule has 120 valence electrons. The average Bonchev–Trinajstić information content (AvgIpc) is 2.54. The fourth-order valence-electron chi connectivity index (χ4n) is 3.74. The molecule has 1 aliphatic carbocycles. The van der Waals surface area contributed by atoms with Crippen molar-refractivity contribution >= 4 is 5.91 Å². The number of carbonyl (C=O) groups excluding carboxylic acids is 1. The summed E-state index contributed by atoms with van der Waals surface area (Å²) in [6, 6.07) is 6.39. The Labute approximate surface area is 132 Å². The maximum absolute atomic E-state index is 12.6. The van der Waals surface area contributed by atoms with E-state index in [2.05, 4.69) is 29.4 Å². The van der Waals surface area contributed by atoms with Crippen molar-refractivity contribution in [2.45, 2.75) is 38.1 Å². The molecule has 1 N–H and O–H groups in total. The van der Waals surface area contributed by atoms with Gasteiger partial charge in [-0.15, -0.1) is 0 Å². The number of aryl methyl sites for hydroxylation is 1. The standard InChI is InChI=1S/C18H26N2O2/c1-20-10-4-6-14(12-20)18(21)19-17-7-3-5-13-11-15(22-2)8-9-16(13)17/h8-9,11,14,17H,3-7,10,12H2,1-2H3,(H,19,21)/t14-,17+/m1/s1. The normalized spacial score (nSPS) is 25.4. The van der Waals surface area contributed by atoms with Gasteiger partial charge >= 0.3 is 0 Å². The number of amides is 1. The molecular formula is C18H26N2O2. The first kappa shape index (κ1) is 15.3. The van der Waals surface area contributed by atoms with Gasteiger partial charge in [-0.25, -0.2) is 0 Å². The van der Waals surface area contributed by atoms with E-state index in [0.717, 1.165) is 50.9 Å². The zero-order valence-corrected chi connectivity index (χ0v) is 13.6. The second-order valence-electron chi connectivity index (χ2n) is 6.62. The van der Waals surface area contributed by atoms with Gasteiger partial charge in [0.2, 0.25) is 5.91 Å². The summed E-state index contributed by atoms with van der Waals surface area (Å²) in [6.45, 7) is 1.99. The van der Waals surface area contributed by atoms with Crippen LogP contribution in [0.15, 0.2) is 18.2 Å². The molecule has 1 aromatic carbocycles. The lowest BCUT2D eigenvalue weighted by Gasteiger charge is -2.32. The summed E-state index contributed by atoms with van der Waals surface area (Å²) in [5.41, 5.74) is 2.58. The third-order valence-corrected chi connectivity index (χ3v) is 4.98. The highest BCUT2D eigenvalue weighted by Gasteiger charge is 2.28. The number of hydrogen-bond acceptors (Lipinski definition) is 3. The molecule has 1 aromatic rings. The van der Waals surface area contributed by atoms with Gasteiger partial charge in [-0.05, 0) is 69.0 Å². The third kappa shape index (κ3) is 3.27. The highest BCUT2D eigenvalue weighted by atomic mass is 16.5. The van der Waals surface area contributed by atoms with E-state index in [4.69, 9.17) is 4.74 Å². The van der Waals surface area contributed by atoms with Gasteiger partial charge < -0.3 is 15.0 Å². The van der Waals surface area contributed by atoms with Crippen LogP contribution in [0.3, 0.4) is 0 Å². The molecule has 0 spiro atoms. The molecule has 22 heavy (non-hydrogen) atoms. The van der Waals surface area contributed by atoms with Gasteiger partial charge in [0.1, 0.15) is 5.75 Å². The third-order valence-electron chi connectivity index (χ3n) is 4.98. The summed E-state index contributed by atoms with van der Waals surface area (Å²) in [6.07, 6.45) is 5.36. The Kier molecular flexibility index (Phi) is 4.67. The minimum absolute atomic E-state index is 0.141. The number of hydrogen-bond donors (Lipinski definition) is 1. The molecule has 2 aliphatic rings. The van der Waals surface area contributed by atoms with Crippen molar-refractivity contribution in [1.29, 1.82) is 0 Å². The predicted molar refractivity (Wildman–Crippen MR) is 87.0 cm³/mol. The number of nitrogens with one attached hydrogen (secondary N) is 1. The fourth-order valence-corrected chi connectivity index (χ4v) is 3.74. The van der Waals surface area contributed by atoms with Crippen LogP contribution in [0.5, 0.6) is 5.75 Å². The van der Waals surface area contributed by atoms with Gasteiger partial charge in [-0.3, -0.25) is 4.79 Å². The molecule has 2 atom stereocenters. The van der Waals surface area contributed by atoms with Gasteiger partial charge in [-0.1, -0.05) is 6.07 Å². The average molecular weight is 302 g/mol. The summed E-state index contributed by atoms with van der Waals surface area (Å²) in [4.78, 5) is 14.8. The SMILES string of the molecule is COc1ccc2c(c1)CCC[C@@H]2NC(=O)[C@@H]1CCCN(C)C1. The Morgan fingerprint density at radius 2 is 2.18 bits per heavy atom. The van der Waals surface area contributed by atoms with Crippen LogP contribution in [-0.4, -0.2) is 38.1 Å². The molecular weight excluding hydrogens is 276 g/mol. The van der Waals surface area contributed by atoms with Gasteiger partial charge in [0.25, 0.3) is 0 Å². The molecule has 0 unspecified atom stereocenters. The molecule has 1 saturated heterocycles. The van der Waals surface area contributed by atoms with Crippen molar-refractivity contribution in [2.24, 2.45) is 5.92 Å². The van der Waals surface area contributed by atoms with E-state index in [1.807, 2.05) is 6.07 Å². The predicted octanol–water partition coefficient (Wildman–Crippen LogP) is 2.53. The van der Waals surface area contributed by atoms with Crippen LogP contribution in [0, 0.1) is 5.92 Å². The Morgan fingerprint density at radius 1 is 1.32 bits per heavy atom. The summed E-state index contributed by atoms with van der Waals surface area (Å²) in [5, 5.41) is 3.30. The molecule has 0 saturated carbocycles. The Hall–Kier alpha value is -1.55. The zero-order valence-electron chi connectivity index (χ0n) is 13.6. The Morgan fingerprint density at radius 3 is 2.95 bits per heavy atom. The van der Waals surface area contributed by atoms with Crippen LogP contribution >= 0.6 is 0 Å². The van der Waals surface area contributed by atoms with E-state index in [1.54, 1.807) is 7.11 Å². The second kappa shape index (κ2) is 6.69. The number of fused-ring (bicyclic) bond motifs is 1. The lowest BCUT2D eigenvalue weighted by Crippen LogP contribution is -2.43. The van der Waals surface area contributed by atoms with Crippen molar-refractivity contribution in [3.63, 3.8) is 0 Å². The first-order valence-electron chi connectivity index (χ1n) is 8.33. The molecule has 1 amide bonds. The Bertz CT molecular complexity index is 544. The van der Waals surface area contributed by atoms with E-state index in [9.17, 15) is 4.79 Å². The van der Waals surface area contributed by atoms with E-state index < -0.39 is 0 Å². The zero-order chi connectivity index (χ0) is 15.5. The van der Waals surface area contributed by atoms with Gasteiger partial charge in [-0.2, -0.15) is 0 Å². The van der Waals surface area contributed by atoms with Crippen LogP contribution in [-0.2, 0) is 11.2 Å². The van der Waals surface area contributed by atoms with E-state index >= 15 is 0 Å².